The number of rotatable bonds is 17. The molecule has 3 aromatic carbocycles. The number of fused-ring (bicyclic) bond motifs is 1. The Morgan fingerprint density at radius 1 is 0.922 bits per heavy atom. The van der Waals surface area contributed by atoms with Crippen LogP contribution < -0.4 is 41.5 Å². The number of carbonyl (C=O) groups excluding carboxylic acids is 2. The van der Waals surface area contributed by atoms with Crippen LogP contribution in [0.1, 0.15) is 73.8 Å². The summed E-state index contributed by atoms with van der Waals surface area (Å²) in [4.78, 5) is 40.3. The third-order valence-corrected chi connectivity index (χ3v) is 14.2. The van der Waals surface area contributed by atoms with Gasteiger partial charge in [-0.2, -0.15) is 4.98 Å². The molecule has 5 aromatic rings. The lowest BCUT2D eigenvalue weighted by Gasteiger charge is -2.35. The van der Waals surface area contributed by atoms with Gasteiger partial charge < -0.3 is 35.5 Å². The summed E-state index contributed by atoms with van der Waals surface area (Å²) in [5, 5.41) is 17.7. The summed E-state index contributed by atoms with van der Waals surface area (Å²) in [6, 6.07) is 15.0. The fourth-order valence-electron chi connectivity index (χ4n) is 8.62. The number of amides is 2. The number of carbonyl (C=O) groups is 2. The Morgan fingerprint density at radius 2 is 1.69 bits per heavy atom. The van der Waals surface area contributed by atoms with Gasteiger partial charge >= 0.3 is 0 Å². The average molecular weight is 959 g/mol. The molecule has 1 atom stereocenters. The fraction of sp³-hybridized carbons (Fsp3) is 0.426. The van der Waals surface area contributed by atoms with Gasteiger partial charge in [-0.05, 0) is 135 Å². The summed E-state index contributed by atoms with van der Waals surface area (Å²) in [5.74, 6) is -1.92. The van der Waals surface area contributed by atoms with Crippen molar-refractivity contribution in [2.45, 2.75) is 83.3 Å². The Bertz CT molecular complexity index is 2590. The summed E-state index contributed by atoms with van der Waals surface area (Å²) in [6.45, 7) is 11.4. The van der Waals surface area contributed by atoms with Crippen LogP contribution >= 0.6 is 23.1 Å². The third kappa shape index (κ3) is 10.7. The first-order valence-electron chi connectivity index (χ1n) is 22.1. The van der Waals surface area contributed by atoms with Crippen molar-refractivity contribution < 1.29 is 27.7 Å². The first kappa shape index (κ1) is 45.5. The average Bonchev–Trinajstić information content (AvgIpc) is 4.08. The van der Waals surface area contributed by atoms with Crippen LogP contribution in [0, 0.1) is 18.6 Å². The monoisotopic (exact) mass is 957 g/mol. The van der Waals surface area contributed by atoms with E-state index in [1.54, 1.807) is 19.5 Å². The van der Waals surface area contributed by atoms with Crippen LogP contribution in [0.2, 0.25) is 0 Å². The van der Waals surface area contributed by atoms with Gasteiger partial charge in [-0.25, -0.2) is 13.8 Å². The highest BCUT2D eigenvalue weighted by Crippen LogP contribution is 2.43. The molecule has 0 spiro atoms. The van der Waals surface area contributed by atoms with Gasteiger partial charge in [0, 0.05) is 78.5 Å². The first-order valence-corrected chi connectivity index (χ1v) is 25.5. The number of benzene rings is 3. The van der Waals surface area contributed by atoms with Gasteiger partial charge in [0.05, 0.1) is 33.4 Å². The number of nitrogens with zero attached hydrogens (tertiary/aromatic N) is 4. The lowest BCUT2D eigenvalue weighted by molar-refractivity contribution is -0.134. The predicted molar refractivity (Wildman–Crippen MR) is 253 cm³/mol. The van der Waals surface area contributed by atoms with Crippen molar-refractivity contribution in [1.29, 1.82) is 0 Å². The van der Waals surface area contributed by atoms with Crippen LogP contribution in [0.15, 0.2) is 59.2 Å². The molecule has 338 valence electrons. The van der Waals surface area contributed by atoms with Crippen molar-refractivity contribution in [3.8, 4) is 5.75 Å². The van der Waals surface area contributed by atoms with Gasteiger partial charge in [0.15, 0.2) is 0 Å². The second-order valence-electron chi connectivity index (χ2n) is 17.3. The minimum absolute atomic E-state index is 0.0578. The number of aryl methyl sites for hydroxylation is 2. The molecule has 2 aliphatic heterocycles. The zero-order chi connectivity index (χ0) is 45.1. The SMILES string of the molecule is CCc1cc(Nc2ncc(Br)c(Nc3ccc4nc(C)ccc4c3P(C)(C)=O)n2)c(OC2CC2)cc1N1CCC(NCCNCCc2cc(F)c([C@H]3CCC(=O)NC3=O)c(F)c2)CC1. The molecule has 8 rings (SSSR count). The summed E-state index contributed by atoms with van der Waals surface area (Å²) in [5.41, 5.74) is 5.77. The molecule has 5 N–H and O–H groups in total. The van der Waals surface area contributed by atoms with Gasteiger partial charge in [-0.3, -0.25) is 19.9 Å². The normalized spacial score (nSPS) is 17.2. The number of piperidine rings is 2. The number of halogens is 3. The van der Waals surface area contributed by atoms with Crippen LogP contribution in [0.5, 0.6) is 5.75 Å². The number of hydrogen-bond acceptors (Lipinski definition) is 12. The van der Waals surface area contributed by atoms with Crippen molar-refractivity contribution in [3.63, 3.8) is 0 Å². The van der Waals surface area contributed by atoms with E-state index in [1.165, 1.54) is 17.7 Å². The zero-order valence-electron chi connectivity index (χ0n) is 36.6. The third-order valence-electron chi connectivity index (χ3n) is 12.0. The molecule has 1 saturated carbocycles. The summed E-state index contributed by atoms with van der Waals surface area (Å²) in [6.07, 6.45) is 7.25. The van der Waals surface area contributed by atoms with E-state index in [2.05, 4.69) is 76.4 Å². The van der Waals surface area contributed by atoms with E-state index in [-0.39, 0.29) is 24.5 Å². The molecule has 2 amide bonds. The maximum absolute atomic E-state index is 14.9. The van der Waals surface area contributed by atoms with Gasteiger partial charge in [0.25, 0.3) is 0 Å². The van der Waals surface area contributed by atoms with Crippen molar-refractivity contribution >= 4 is 79.9 Å². The Kier molecular flexibility index (Phi) is 14.0. The van der Waals surface area contributed by atoms with Gasteiger partial charge in [0.1, 0.15) is 30.3 Å². The van der Waals surface area contributed by atoms with Gasteiger partial charge in [0.2, 0.25) is 17.8 Å². The van der Waals surface area contributed by atoms with E-state index in [1.807, 2.05) is 31.2 Å². The Hall–Kier alpha value is -5.02. The molecule has 1 aliphatic carbocycles. The van der Waals surface area contributed by atoms with Crippen LogP contribution in [-0.2, 0) is 27.0 Å². The largest absolute Gasteiger partial charge is 0.488 e. The van der Waals surface area contributed by atoms with Crippen molar-refractivity contribution in [2.75, 3.05) is 61.6 Å². The topological polar surface area (TPSA) is 162 Å². The number of ether oxygens (including phenoxy) is 1. The number of anilines is 5. The van der Waals surface area contributed by atoms with E-state index in [4.69, 9.17) is 9.72 Å². The second kappa shape index (κ2) is 19.6. The molecule has 3 aliphatic rings. The van der Waals surface area contributed by atoms with E-state index in [0.717, 1.165) is 90.8 Å². The van der Waals surface area contributed by atoms with Gasteiger partial charge in [-0.1, -0.05) is 13.0 Å². The molecule has 13 nitrogen and oxygen atoms in total. The number of pyridine rings is 1. The van der Waals surface area contributed by atoms with E-state index < -0.39 is 36.5 Å². The van der Waals surface area contributed by atoms with Crippen LogP contribution in [0.4, 0.5) is 37.6 Å². The molecule has 0 radical (unpaired) electrons. The minimum Gasteiger partial charge on any atom is -0.488 e. The molecule has 3 fully saturated rings. The maximum atomic E-state index is 14.9. The summed E-state index contributed by atoms with van der Waals surface area (Å²) >= 11 is 3.62. The van der Waals surface area contributed by atoms with E-state index in [0.29, 0.717) is 53.0 Å². The highest BCUT2D eigenvalue weighted by atomic mass is 79.9. The Balaban J connectivity index is 0.867. The summed E-state index contributed by atoms with van der Waals surface area (Å²) in [7, 11) is -2.74. The molecule has 0 bridgehead atoms. The van der Waals surface area contributed by atoms with Gasteiger partial charge in [-0.15, -0.1) is 0 Å². The number of hydrogen-bond donors (Lipinski definition) is 5. The van der Waals surface area contributed by atoms with Crippen molar-refractivity contribution in [2.24, 2.45) is 0 Å². The molecular weight excluding hydrogens is 903 g/mol. The minimum atomic E-state index is -2.74. The Labute approximate surface area is 380 Å². The van der Waals surface area contributed by atoms with Crippen molar-refractivity contribution in [1.82, 2.24) is 30.9 Å². The molecular formula is C47H55BrF2N9O4P. The molecule has 4 heterocycles. The van der Waals surface area contributed by atoms with E-state index in [9.17, 15) is 22.9 Å². The predicted octanol–water partition coefficient (Wildman–Crippen LogP) is 8.12. The fourth-order valence-corrected chi connectivity index (χ4v) is 10.4. The number of nitrogens with one attached hydrogen (secondary N) is 5. The first-order chi connectivity index (χ1) is 30.7. The van der Waals surface area contributed by atoms with Crippen LogP contribution in [-0.4, -0.2) is 85.0 Å². The number of aromatic nitrogens is 3. The number of imide groups is 1. The molecule has 17 heteroatoms. The standard InChI is InChI=1S/C47H55BrF2N9O4P/c1-5-29-24-39(56-47-53-26-34(48)45(58-47)55-38-12-11-37-32(9-6-27(2)54-37)44(38)64(3,4)62)41(63-31-7-8-31)25-40(29)59-20-15-30(16-21-59)52-19-18-51-17-14-28-22-35(49)43(36(50)23-28)33-10-13-42(60)57-46(33)61/h6,9,11-12,22-26,30-31,33,51-52H,5,7-8,10,13-21H2,1-4H3,(H,57,60,61)(H2,53,55,56,58)/t33-/m1/s1. The quantitative estimate of drug-likeness (QED) is 0.0346. The molecule has 2 aromatic heterocycles. The smallest absolute Gasteiger partial charge is 0.234 e. The Morgan fingerprint density at radius 3 is 2.39 bits per heavy atom. The molecule has 0 unspecified atom stereocenters. The zero-order valence-corrected chi connectivity index (χ0v) is 39.1. The highest BCUT2D eigenvalue weighted by Gasteiger charge is 2.33. The maximum Gasteiger partial charge on any atom is 0.234 e. The summed E-state index contributed by atoms with van der Waals surface area (Å²) < 4.78 is 50.7. The lowest BCUT2D eigenvalue weighted by atomic mass is 9.89. The highest BCUT2D eigenvalue weighted by molar-refractivity contribution is 9.10. The van der Waals surface area contributed by atoms with E-state index >= 15 is 0 Å². The molecule has 2 saturated heterocycles. The van der Waals surface area contributed by atoms with Crippen molar-refractivity contribution in [3.05, 3.63) is 93.2 Å². The second-order valence-corrected chi connectivity index (χ2v) is 21.3. The van der Waals surface area contributed by atoms with Crippen LogP contribution in [0.3, 0.4) is 0 Å². The molecule has 64 heavy (non-hydrogen) atoms. The van der Waals surface area contributed by atoms with Crippen LogP contribution in [0.25, 0.3) is 10.9 Å². The lowest BCUT2D eigenvalue weighted by Crippen LogP contribution is -2.44.